The molecule has 1 heterocycles. The van der Waals surface area contributed by atoms with Gasteiger partial charge in [-0.25, -0.2) is 0 Å². The summed E-state index contributed by atoms with van der Waals surface area (Å²) in [5, 5.41) is 5.72. The fourth-order valence-corrected chi connectivity index (χ4v) is 2.77. The van der Waals surface area contributed by atoms with Crippen LogP contribution in [0.1, 0.15) is 12.8 Å². The number of hydrogen-bond acceptors (Lipinski definition) is 4. The number of piperidine rings is 1. The van der Waals surface area contributed by atoms with Gasteiger partial charge in [-0.15, -0.1) is 0 Å². The highest BCUT2D eigenvalue weighted by atomic mass is 35.5. The molecular weight excluding hydrogens is 318 g/mol. The first kappa shape index (κ1) is 17.7. The average molecular weight is 340 g/mol. The minimum absolute atomic E-state index is 0.0231. The molecule has 6 nitrogen and oxygen atoms in total. The molecule has 2 rings (SSSR count). The summed E-state index contributed by atoms with van der Waals surface area (Å²) in [6.07, 6.45) is 1.86. The minimum atomic E-state index is -0.702. The molecule has 0 aromatic heterocycles. The van der Waals surface area contributed by atoms with Crippen molar-refractivity contribution in [1.29, 1.82) is 0 Å². The van der Waals surface area contributed by atoms with E-state index in [1.807, 2.05) is 0 Å². The Kier molecular flexibility index (Phi) is 6.83. The second kappa shape index (κ2) is 8.86. The van der Waals surface area contributed by atoms with Crippen molar-refractivity contribution in [3.63, 3.8) is 0 Å². The molecule has 0 bridgehead atoms. The molecule has 1 aliphatic rings. The maximum Gasteiger partial charge on any atom is 0.313 e. The summed E-state index contributed by atoms with van der Waals surface area (Å²) >= 11 is 5.97. The lowest BCUT2D eigenvalue weighted by Gasteiger charge is -2.32. The van der Waals surface area contributed by atoms with Crippen LogP contribution >= 0.6 is 11.6 Å². The summed E-state index contributed by atoms with van der Waals surface area (Å²) in [7, 11) is 1.67. The summed E-state index contributed by atoms with van der Waals surface area (Å²) in [5.74, 6) is -1.34. The number of carbonyl (C=O) groups is 2. The summed E-state index contributed by atoms with van der Waals surface area (Å²) < 4.78 is 5.07. The highest BCUT2D eigenvalue weighted by molar-refractivity contribution is 6.41. The number of likely N-dealkylation sites (tertiary alicyclic amines) is 1. The van der Waals surface area contributed by atoms with Gasteiger partial charge in [0.1, 0.15) is 0 Å². The lowest BCUT2D eigenvalue weighted by atomic mass is 10.1. The van der Waals surface area contributed by atoms with Crippen LogP contribution in [0.3, 0.4) is 0 Å². The molecule has 0 radical (unpaired) electrons. The Morgan fingerprint density at radius 2 is 2.13 bits per heavy atom. The van der Waals surface area contributed by atoms with E-state index >= 15 is 0 Å². The highest BCUT2D eigenvalue weighted by Gasteiger charge is 2.24. The fraction of sp³-hybridized carbons (Fsp3) is 0.500. The fourth-order valence-electron chi connectivity index (χ4n) is 2.59. The Morgan fingerprint density at radius 1 is 1.35 bits per heavy atom. The Bertz CT molecular complexity index is 553. The third-order valence-electron chi connectivity index (χ3n) is 3.78. The van der Waals surface area contributed by atoms with Crippen molar-refractivity contribution < 1.29 is 14.3 Å². The Hall–Kier alpha value is -1.63. The predicted molar refractivity (Wildman–Crippen MR) is 89.6 cm³/mol. The molecule has 126 valence electrons. The average Bonchev–Trinajstić information content (AvgIpc) is 2.55. The van der Waals surface area contributed by atoms with Gasteiger partial charge in [-0.2, -0.15) is 0 Å². The van der Waals surface area contributed by atoms with Gasteiger partial charge in [0.15, 0.2) is 0 Å². The number of halogens is 1. The number of amides is 2. The van der Waals surface area contributed by atoms with E-state index in [1.54, 1.807) is 31.4 Å². The van der Waals surface area contributed by atoms with Crippen LogP contribution in [0.15, 0.2) is 24.3 Å². The monoisotopic (exact) mass is 339 g/mol. The molecule has 2 N–H and O–H groups in total. The number of methoxy groups -OCH3 is 1. The maximum atomic E-state index is 12.0. The third kappa shape index (κ3) is 5.49. The Labute approximate surface area is 141 Å². The molecule has 7 heteroatoms. The molecule has 1 aromatic rings. The van der Waals surface area contributed by atoms with Crippen molar-refractivity contribution in [2.75, 3.05) is 38.7 Å². The standard InChI is InChI=1S/C16H22ClN3O3/c1-23-10-9-20-8-4-5-12(11-20)18-15(21)16(22)19-14-7-3-2-6-13(14)17/h2-3,6-7,12H,4-5,8-11H2,1H3,(H,18,21)(H,19,22). The number of rotatable bonds is 5. The quantitative estimate of drug-likeness (QED) is 0.798. The van der Waals surface area contributed by atoms with Gasteiger partial charge in [-0.1, -0.05) is 23.7 Å². The zero-order valence-corrected chi connectivity index (χ0v) is 13.9. The first-order chi connectivity index (χ1) is 11.1. The van der Waals surface area contributed by atoms with Gasteiger partial charge < -0.3 is 15.4 Å². The number of nitrogens with zero attached hydrogens (tertiary/aromatic N) is 1. The lowest BCUT2D eigenvalue weighted by Crippen LogP contribution is -2.50. The number of hydrogen-bond donors (Lipinski definition) is 2. The third-order valence-corrected chi connectivity index (χ3v) is 4.11. The molecule has 0 saturated carbocycles. The van der Waals surface area contributed by atoms with Crippen LogP contribution in [0.2, 0.25) is 5.02 Å². The molecule has 1 aromatic carbocycles. The topological polar surface area (TPSA) is 70.7 Å². The summed E-state index contributed by atoms with van der Waals surface area (Å²) in [6, 6.07) is 6.79. The molecule has 1 saturated heterocycles. The molecular formula is C16H22ClN3O3. The first-order valence-electron chi connectivity index (χ1n) is 7.68. The van der Waals surface area contributed by atoms with E-state index < -0.39 is 11.8 Å². The van der Waals surface area contributed by atoms with Gasteiger partial charge in [0.05, 0.1) is 17.3 Å². The molecule has 1 atom stereocenters. The normalized spacial score (nSPS) is 18.4. The second-order valence-electron chi connectivity index (χ2n) is 5.54. The number of benzene rings is 1. The van der Waals surface area contributed by atoms with Crippen LogP contribution in [0, 0.1) is 0 Å². The largest absolute Gasteiger partial charge is 0.383 e. The number of ether oxygens (including phenoxy) is 1. The molecule has 0 spiro atoms. The lowest BCUT2D eigenvalue weighted by molar-refractivity contribution is -0.136. The molecule has 1 unspecified atom stereocenters. The smallest absolute Gasteiger partial charge is 0.313 e. The van der Waals surface area contributed by atoms with E-state index in [-0.39, 0.29) is 6.04 Å². The van der Waals surface area contributed by atoms with Gasteiger partial charge in [0, 0.05) is 26.2 Å². The van der Waals surface area contributed by atoms with Crippen LogP contribution in [0.25, 0.3) is 0 Å². The first-order valence-corrected chi connectivity index (χ1v) is 8.05. The molecule has 1 aliphatic heterocycles. The van der Waals surface area contributed by atoms with Crippen LogP contribution < -0.4 is 10.6 Å². The minimum Gasteiger partial charge on any atom is -0.383 e. The molecule has 2 amide bonds. The Morgan fingerprint density at radius 3 is 2.87 bits per heavy atom. The van der Waals surface area contributed by atoms with Crippen molar-refractivity contribution in [1.82, 2.24) is 10.2 Å². The van der Waals surface area contributed by atoms with Crippen LogP contribution in [0.4, 0.5) is 5.69 Å². The van der Waals surface area contributed by atoms with Crippen molar-refractivity contribution in [2.45, 2.75) is 18.9 Å². The zero-order valence-electron chi connectivity index (χ0n) is 13.2. The van der Waals surface area contributed by atoms with Gasteiger partial charge >= 0.3 is 11.8 Å². The van der Waals surface area contributed by atoms with Gasteiger partial charge in [0.25, 0.3) is 0 Å². The predicted octanol–water partition coefficient (Wildman–Crippen LogP) is 1.51. The SMILES string of the molecule is COCCN1CCCC(NC(=O)C(=O)Nc2ccccc2Cl)C1. The van der Waals surface area contributed by atoms with Crippen LogP contribution in [-0.4, -0.2) is 56.1 Å². The maximum absolute atomic E-state index is 12.0. The highest BCUT2D eigenvalue weighted by Crippen LogP contribution is 2.20. The van der Waals surface area contributed by atoms with E-state index in [0.29, 0.717) is 17.3 Å². The molecule has 0 aliphatic carbocycles. The van der Waals surface area contributed by atoms with Gasteiger partial charge in [-0.3, -0.25) is 14.5 Å². The van der Waals surface area contributed by atoms with E-state index in [2.05, 4.69) is 15.5 Å². The Balaban J connectivity index is 1.83. The van der Waals surface area contributed by atoms with E-state index in [9.17, 15) is 9.59 Å². The van der Waals surface area contributed by atoms with Crippen molar-refractivity contribution >= 4 is 29.1 Å². The summed E-state index contributed by atoms with van der Waals surface area (Å²) in [5.41, 5.74) is 0.430. The molecule has 1 fully saturated rings. The van der Waals surface area contributed by atoms with E-state index in [0.717, 1.165) is 32.5 Å². The van der Waals surface area contributed by atoms with Crippen LogP contribution in [0.5, 0.6) is 0 Å². The second-order valence-corrected chi connectivity index (χ2v) is 5.95. The van der Waals surface area contributed by atoms with E-state index in [1.165, 1.54) is 0 Å². The summed E-state index contributed by atoms with van der Waals surface area (Å²) in [4.78, 5) is 26.2. The van der Waals surface area contributed by atoms with Crippen molar-refractivity contribution in [3.8, 4) is 0 Å². The van der Waals surface area contributed by atoms with Crippen molar-refractivity contribution in [3.05, 3.63) is 29.3 Å². The van der Waals surface area contributed by atoms with E-state index in [4.69, 9.17) is 16.3 Å². The summed E-state index contributed by atoms with van der Waals surface area (Å²) in [6.45, 7) is 3.21. The zero-order chi connectivity index (χ0) is 16.7. The number of nitrogens with one attached hydrogen (secondary N) is 2. The number of anilines is 1. The molecule has 23 heavy (non-hydrogen) atoms. The number of carbonyl (C=O) groups excluding carboxylic acids is 2. The van der Waals surface area contributed by atoms with Gasteiger partial charge in [0.2, 0.25) is 0 Å². The van der Waals surface area contributed by atoms with Gasteiger partial charge in [-0.05, 0) is 31.5 Å². The number of para-hydroxylation sites is 1. The van der Waals surface area contributed by atoms with Crippen molar-refractivity contribution in [2.24, 2.45) is 0 Å². The van der Waals surface area contributed by atoms with Crippen LogP contribution in [-0.2, 0) is 14.3 Å².